The Bertz CT molecular complexity index is 737. The number of likely N-dealkylation sites (tertiary alicyclic amines) is 1. The van der Waals surface area contributed by atoms with Gasteiger partial charge < -0.3 is 15.5 Å². The molecule has 8 heteroatoms. The van der Waals surface area contributed by atoms with Gasteiger partial charge in [-0.3, -0.25) is 14.6 Å². The summed E-state index contributed by atoms with van der Waals surface area (Å²) in [6, 6.07) is 3.42. The van der Waals surface area contributed by atoms with E-state index in [0.717, 1.165) is 19.4 Å². The van der Waals surface area contributed by atoms with Crippen molar-refractivity contribution in [3.8, 4) is 0 Å². The first-order valence-corrected chi connectivity index (χ1v) is 8.27. The standard InChI is InChI=1S/C17H20N6O2/c24-15-4-1-8-23(15)9-3-7-19-16(25)13-10-14(12-18-11-13)22-17-20-5-2-6-21-17/h2,5-6,10-12H,1,3-4,7-9H2,(H,19,25)(H,20,21,22). The molecule has 0 aromatic carbocycles. The Morgan fingerprint density at radius 1 is 1.24 bits per heavy atom. The third kappa shape index (κ3) is 4.72. The molecule has 3 heterocycles. The van der Waals surface area contributed by atoms with Gasteiger partial charge in [-0.2, -0.15) is 0 Å². The van der Waals surface area contributed by atoms with Gasteiger partial charge in [0.05, 0.1) is 17.4 Å². The highest BCUT2D eigenvalue weighted by molar-refractivity contribution is 5.94. The Kier molecular flexibility index (Phi) is 5.50. The molecular weight excluding hydrogens is 320 g/mol. The molecule has 3 rings (SSSR count). The summed E-state index contributed by atoms with van der Waals surface area (Å²) in [7, 11) is 0. The molecule has 0 radical (unpaired) electrons. The van der Waals surface area contributed by atoms with E-state index in [1.807, 2.05) is 4.90 Å². The Balaban J connectivity index is 1.48. The number of nitrogens with zero attached hydrogens (tertiary/aromatic N) is 4. The van der Waals surface area contributed by atoms with Crippen LogP contribution in [0, 0.1) is 0 Å². The molecule has 2 aromatic rings. The Hall–Kier alpha value is -3.03. The summed E-state index contributed by atoms with van der Waals surface area (Å²) in [5, 5.41) is 5.85. The Labute approximate surface area is 145 Å². The first-order chi connectivity index (χ1) is 12.2. The van der Waals surface area contributed by atoms with Crippen LogP contribution in [0.4, 0.5) is 11.6 Å². The molecule has 1 aliphatic rings. The molecule has 8 nitrogen and oxygen atoms in total. The lowest BCUT2D eigenvalue weighted by atomic mass is 10.2. The molecule has 2 aromatic heterocycles. The van der Waals surface area contributed by atoms with E-state index in [1.54, 1.807) is 30.7 Å². The van der Waals surface area contributed by atoms with Crippen molar-refractivity contribution in [1.82, 2.24) is 25.2 Å². The predicted octanol–water partition coefficient (Wildman–Crippen LogP) is 1.36. The minimum atomic E-state index is -0.196. The van der Waals surface area contributed by atoms with Crippen LogP contribution in [0.15, 0.2) is 36.9 Å². The molecule has 0 unspecified atom stereocenters. The second kappa shape index (κ2) is 8.18. The first-order valence-electron chi connectivity index (χ1n) is 8.27. The lowest BCUT2D eigenvalue weighted by Crippen LogP contribution is -2.30. The highest BCUT2D eigenvalue weighted by Crippen LogP contribution is 2.13. The number of hydrogen-bond acceptors (Lipinski definition) is 6. The third-order valence-electron chi connectivity index (χ3n) is 3.88. The number of carbonyl (C=O) groups excluding carboxylic acids is 2. The summed E-state index contributed by atoms with van der Waals surface area (Å²) in [6.07, 6.45) is 8.68. The van der Waals surface area contributed by atoms with Crippen molar-refractivity contribution < 1.29 is 9.59 Å². The van der Waals surface area contributed by atoms with Crippen molar-refractivity contribution in [2.75, 3.05) is 25.0 Å². The highest BCUT2D eigenvalue weighted by Gasteiger charge is 2.19. The van der Waals surface area contributed by atoms with Gasteiger partial charge in [-0.25, -0.2) is 9.97 Å². The number of pyridine rings is 1. The predicted molar refractivity (Wildman–Crippen MR) is 92.3 cm³/mol. The van der Waals surface area contributed by atoms with Crippen LogP contribution in [0.25, 0.3) is 0 Å². The first kappa shape index (κ1) is 16.8. The van der Waals surface area contributed by atoms with Crippen molar-refractivity contribution >= 4 is 23.5 Å². The molecule has 130 valence electrons. The van der Waals surface area contributed by atoms with Crippen molar-refractivity contribution in [3.63, 3.8) is 0 Å². The molecule has 2 N–H and O–H groups in total. The number of nitrogens with one attached hydrogen (secondary N) is 2. The second-order valence-corrected chi connectivity index (χ2v) is 5.75. The molecule has 0 bridgehead atoms. The summed E-state index contributed by atoms with van der Waals surface area (Å²) in [5.74, 6) is 0.451. The van der Waals surface area contributed by atoms with Gasteiger partial charge in [0.2, 0.25) is 11.9 Å². The number of rotatable bonds is 7. The van der Waals surface area contributed by atoms with Crippen molar-refractivity contribution in [2.45, 2.75) is 19.3 Å². The molecule has 1 saturated heterocycles. The molecule has 2 amide bonds. The largest absolute Gasteiger partial charge is 0.352 e. The molecule has 1 fully saturated rings. The molecule has 0 atom stereocenters. The van der Waals surface area contributed by atoms with Crippen molar-refractivity contribution in [3.05, 3.63) is 42.5 Å². The molecule has 0 spiro atoms. The number of carbonyl (C=O) groups is 2. The lowest BCUT2D eigenvalue weighted by molar-refractivity contribution is -0.127. The van der Waals surface area contributed by atoms with Crippen LogP contribution in [0.1, 0.15) is 29.6 Å². The molecular formula is C17H20N6O2. The summed E-state index contributed by atoms with van der Waals surface area (Å²) in [4.78, 5) is 37.8. The van der Waals surface area contributed by atoms with Gasteiger partial charge in [-0.15, -0.1) is 0 Å². The summed E-state index contributed by atoms with van der Waals surface area (Å²) < 4.78 is 0. The zero-order chi connectivity index (χ0) is 17.5. The van der Waals surface area contributed by atoms with Crippen molar-refractivity contribution in [1.29, 1.82) is 0 Å². The Morgan fingerprint density at radius 2 is 2.08 bits per heavy atom. The van der Waals surface area contributed by atoms with E-state index in [0.29, 0.717) is 36.7 Å². The van der Waals surface area contributed by atoms with Crippen LogP contribution in [0.3, 0.4) is 0 Å². The maximum atomic E-state index is 12.2. The van der Waals surface area contributed by atoms with E-state index in [2.05, 4.69) is 25.6 Å². The minimum Gasteiger partial charge on any atom is -0.352 e. The van der Waals surface area contributed by atoms with Crippen LogP contribution >= 0.6 is 0 Å². The Morgan fingerprint density at radius 3 is 2.84 bits per heavy atom. The van der Waals surface area contributed by atoms with E-state index >= 15 is 0 Å². The monoisotopic (exact) mass is 340 g/mol. The van der Waals surface area contributed by atoms with E-state index in [1.165, 1.54) is 6.20 Å². The van der Waals surface area contributed by atoms with Crippen LogP contribution in [-0.2, 0) is 4.79 Å². The molecule has 25 heavy (non-hydrogen) atoms. The molecule has 0 aliphatic carbocycles. The maximum Gasteiger partial charge on any atom is 0.252 e. The molecule has 1 aliphatic heterocycles. The van der Waals surface area contributed by atoms with Gasteiger partial charge >= 0.3 is 0 Å². The normalized spacial score (nSPS) is 13.8. The summed E-state index contributed by atoms with van der Waals surface area (Å²) >= 11 is 0. The second-order valence-electron chi connectivity index (χ2n) is 5.75. The number of amides is 2. The van der Waals surface area contributed by atoms with Crippen LogP contribution in [-0.4, -0.2) is 51.3 Å². The molecule has 0 saturated carbocycles. The van der Waals surface area contributed by atoms with Gasteiger partial charge in [0.25, 0.3) is 5.91 Å². The van der Waals surface area contributed by atoms with Gasteiger partial charge in [0, 0.05) is 44.6 Å². The van der Waals surface area contributed by atoms with Crippen molar-refractivity contribution in [2.24, 2.45) is 0 Å². The zero-order valence-corrected chi connectivity index (χ0v) is 13.8. The average molecular weight is 340 g/mol. The van der Waals surface area contributed by atoms with Gasteiger partial charge in [0.1, 0.15) is 0 Å². The highest BCUT2D eigenvalue weighted by atomic mass is 16.2. The van der Waals surface area contributed by atoms with Gasteiger partial charge in [0.15, 0.2) is 0 Å². The summed E-state index contributed by atoms with van der Waals surface area (Å²) in [5.41, 5.74) is 1.10. The zero-order valence-electron chi connectivity index (χ0n) is 13.8. The van der Waals surface area contributed by atoms with Crippen LogP contribution < -0.4 is 10.6 Å². The van der Waals surface area contributed by atoms with E-state index in [4.69, 9.17) is 0 Å². The fraction of sp³-hybridized carbons (Fsp3) is 0.353. The van der Waals surface area contributed by atoms with Crippen LogP contribution in [0.5, 0.6) is 0 Å². The van der Waals surface area contributed by atoms with Gasteiger partial charge in [-0.1, -0.05) is 0 Å². The quantitative estimate of drug-likeness (QED) is 0.738. The number of anilines is 2. The van der Waals surface area contributed by atoms with Gasteiger partial charge in [-0.05, 0) is 25.0 Å². The number of hydrogen-bond donors (Lipinski definition) is 2. The van der Waals surface area contributed by atoms with Crippen LogP contribution in [0.2, 0.25) is 0 Å². The topological polar surface area (TPSA) is 100 Å². The summed E-state index contributed by atoms with van der Waals surface area (Å²) in [6.45, 7) is 2.03. The third-order valence-corrected chi connectivity index (χ3v) is 3.88. The fourth-order valence-electron chi connectivity index (χ4n) is 2.64. The number of aromatic nitrogens is 3. The SMILES string of the molecule is O=C(NCCCN1CCCC1=O)c1cncc(Nc2ncccn2)c1. The lowest BCUT2D eigenvalue weighted by Gasteiger charge is -2.15. The van der Waals surface area contributed by atoms with E-state index in [9.17, 15) is 9.59 Å². The fourth-order valence-corrected chi connectivity index (χ4v) is 2.64. The van der Waals surface area contributed by atoms with E-state index < -0.39 is 0 Å². The maximum absolute atomic E-state index is 12.2. The minimum absolute atomic E-state index is 0.196. The van der Waals surface area contributed by atoms with E-state index in [-0.39, 0.29) is 11.8 Å². The average Bonchev–Trinajstić information content (AvgIpc) is 3.04. The smallest absolute Gasteiger partial charge is 0.252 e.